The van der Waals surface area contributed by atoms with Gasteiger partial charge in [0.15, 0.2) is 24.5 Å². The van der Waals surface area contributed by atoms with Crippen LogP contribution in [0.5, 0.6) is 0 Å². The fraction of sp³-hybridized carbons (Fsp3) is 0.462. The second kappa shape index (κ2) is 12.7. The van der Waals surface area contributed by atoms with E-state index in [1.807, 2.05) is 6.92 Å². The number of hydrogen-bond donors (Lipinski definition) is 0. The summed E-state index contributed by atoms with van der Waals surface area (Å²) < 4.78 is 34.9. The zero-order valence-corrected chi connectivity index (χ0v) is 22.8. The van der Waals surface area contributed by atoms with Crippen LogP contribution in [0.25, 0.3) is 11.3 Å². The summed E-state index contributed by atoms with van der Waals surface area (Å²) in [5.74, 6) is -2.47. The predicted molar refractivity (Wildman–Crippen MR) is 134 cm³/mol. The summed E-state index contributed by atoms with van der Waals surface area (Å²) in [5, 5.41) is 10.0. The van der Waals surface area contributed by atoms with Crippen molar-refractivity contribution in [2.45, 2.75) is 71.7 Å². The quantitative estimate of drug-likeness (QED) is 0.264. The van der Waals surface area contributed by atoms with Gasteiger partial charge in [-0.2, -0.15) is 5.26 Å². The average Bonchev–Trinajstić information content (AvgIpc) is 3.39. The van der Waals surface area contributed by atoms with E-state index in [2.05, 4.69) is 6.07 Å². The highest BCUT2D eigenvalue weighted by Crippen LogP contribution is 2.37. The summed E-state index contributed by atoms with van der Waals surface area (Å²) in [6.45, 7) is 6.05. The molecular formula is C26H28N2O10S. The molecule has 2 aromatic rings. The first kappa shape index (κ1) is 29.5. The molecule has 0 spiro atoms. The third-order valence-electron chi connectivity index (χ3n) is 5.80. The Morgan fingerprint density at radius 2 is 1.62 bits per heavy atom. The van der Waals surface area contributed by atoms with E-state index in [0.717, 1.165) is 20.8 Å². The van der Waals surface area contributed by atoms with E-state index in [0.29, 0.717) is 23.4 Å². The van der Waals surface area contributed by atoms with Crippen molar-refractivity contribution in [2.24, 2.45) is 0 Å². The summed E-state index contributed by atoms with van der Waals surface area (Å²) in [5.41, 5.74) is 1.10. The smallest absolute Gasteiger partial charge is 0.303 e. The number of carbonyl (C=O) groups excluding carboxylic acids is 4. The van der Waals surface area contributed by atoms with E-state index in [1.165, 1.54) is 17.8 Å². The Bertz CT molecular complexity index is 1340. The molecule has 0 radical (unpaired) electrons. The third-order valence-corrected chi connectivity index (χ3v) is 6.20. The van der Waals surface area contributed by atoms with E-state index < -0.39 is 61.1 Å². The highest BCUT2D eigenvalue weighted by atomic mass is 32.1. The number of nitrogens with zero attached hydrogens (tertiary/aromatic N) is 2. The van der Waals surface area contributed by atoms with Crippen LogP contribution in [0.4, 0.5) is 0 Å². The van der Waals surface area contributed by atoms with Gasteiger partial charge in [-0.1, -0.05) is 19.1 Å². The van der Waals surface area contributed by atoms with Gasteiger partial charge in [0.1, 0.15) is 29.2 Å². The Hall–Kier alpha value is -4.02. The number of rotatable bonds is 8. The topological polar surface area (TPSA) is 156 Å². The minimum absolute atomic E-state index is 0.0316. The summed E-state index contributed by atoms with van der Waals surface area (Å²) in [4.78, 5) is 48.0. The van der Waals surface area contributed by atoms with Gasteiger partial charge < -0.3 is 32.7 Å². The first-order valence-electron chi connectivity index (χ1n) is 12.0. The first-order valence-corrected chi connectivity index (χ1v) is 12.4. The van der Waals surface area contributed by atoms with Crippen LogP contribution in [0, 0.1) is 16.0 Å². The molecule has 0 aliphatic carbocycles. The van der Waals surface area contributed by atoms with Gasteiger partial charge in [0.25, 0.3) is 0 Å². The molecule has 0 bridgehead atoms. The number of pyridine rings is 1. The van der Waals surface area contributed by atoms with Crippen LogP contribution in [-0.4, -0.2) is 59.5 Å². The fourth-order valence-electron chi connectivity index (χ4n) is 4.37. The van der Waals surface area contributed by atoms with Crippen molar-refractivity contribution < 1.29 is 47.3 Å². The zero-order chi connectivity index (χ0) is 28.9. The van der Waals surface area contributed by atoms with Crippen LogP contribution in [-0.2, 0) is 49.3 Å². The molecule has 0 unspecified atom stereocenters. The van der Waals surface area contributed by atoms with Crippen molar-refractivity contribution in [3.63, 3.8) is 0 Å². The van der Waals surface area contributed by atoms with Gasteiger partial charge >= 0.3 is 23.9 Å². The number of ether oxygens (including phenoxy) is 5. The van der Waals surface area contributed by atoms with Crippen molar-refractivity contribution in [1.82, 2.24) is 4.57 Å². The van der Waals surface area contributed by atoms with E-state index in [1.54, 1.807) is 18.2 Å². The predicted octanol–water partition coefficient (Wildman–Crippen LogP) is 3.17. The number of aryl methyl sites for hydroxylation is 1. The molecule has 0 N–H and O–H groups in total. The lowest BCUT2D eigenvalue weighted by Crippen LogP contribution is -2.60. The van der Waals surface area contributed by atoms with Gasteiger partial charge in [0.2, 0.25) is 0 Å². The fourth-order valence-corrected chi connectivity index (χ4v) is 4.75. The molecule has 1 aliphatic heterocycles. The molecule has 0 amide bonds. The van der Waals surface area contributed by atoms with Crippen LogP contribution in [0.2, 0.25) is 0 Å². The molecule has 13 heteroatoms. The molecule has 2 aromatic heterocycles. The highest BCUT2D eigenvalue weighted by Gasteiger charge is 2.53. The standard InChI is InChI=1S/C26H28N2O10S/c1-6-17-10-18(20-8-7-9-33-20)19(11-27)26(39)28(17)25-24(37-16(5)32)23(36-15(4)31)22(35-14(3)30)21(38-25)12-34-13(2)29/h7-10,21-25H,6,12H2,1-5H3/t21-,22+,23+,24+,25-/m0/s1. The Balaban J connectivity index is 2.28. The number of furan rings is 1. The monoisotopic (exact) mass is 560 g/mol. The van der Waals surface area contributed by atoms with Gasteiger partial charge in [-0.05, 0) is 24.6 Å². The van der Waals surface area contributed by atoms with Crippen molar-refractivity contribution in [3.05, 3.63) is 40.4 Å². The Morgan fingerprint density at radius 1 is 1.00 bits per heavy atom. The average molecular weight is 561 g/mol. The normalized spacial score (nSPS) is 22.3. The SMILES string of the molecule is CCc1cc(-c2ccco2)c(C#N)c(=S)n1[C@H]1O[C@@H](COC(C)=O)[C@@H](OC(C)=O)[C@@H](OC(C)=O)[C@H]1OC(C)=O. The molecule has 12 nitrogen and oxygen atoms in total. The van der Waals surface area contributed by atoms with E-state index in [9.17, 15) is 24.4 Å². The van der Waals surface area contributed by atoms with Crippen molar-refractivity contribution in [3.8, 4) is 17.4 Å². The molecule has 3 heterocycles. The lowest BCUT2D eigenvalue weighted by Gasteiger charge is -2.45. The van der Waals surface area contributed by atoms with Gasteiger partial charge in [0, 0.05) is 39.0 Å². The van der Waals surface area contributed by atoms with Gasteiger partial charge in [-0.15, -0.1) is 0 Å². The summed E-state index contributed by atoms with van der Waals surface area (Å²) in [6, 6.07) is 7.15. The number of carbonyl (C=O) groups is 4. The second-order valence-electron chi connectivity index (χ2n) is 8.63. The number of esters is 4. The molecule has 39 heavy (non-hydrogen) atoms. The highest BCUT2D eigenvalue weighted by molar-refractivity contribution is 7.71. The minimum atomic E-state index is -1.38. The lowest BCUT2D eigenvalue weighted by atomic mass is 9.96. The minimum Gasteiger partial charge on any atom is -0.464 e. The number of aromatic nitrogens is 1. The third kappa shape index (κ3) is 6.71. The van der Waals surface area contributed by atoms with E-state index in [4.69, 9.17) is 40.3 Å². The maximum absolute atomic E-state index is 12.2. The van der Waals surface area contributed by atoms with Crippen molar-refractivity contribution >= 4 is 36.1 Å². The molecule has 1 fully saturated rings. The Labute approximate surface area is 229 Å². The van der Waals surface area contributed by atoms with Crippen molar-refractivity contribution in [1.29, 1.82) is 5.26 Å². The van der Waals surface area contributed by atoms with Crippen LogP contribution >= 0.6 is 12.2 Å². The van der Waals surface area contributed by atoms with Crippen LogP contribution in [0.1, 0.15) is 52.1 Å². The maximum Gasteiger partial charge on any atom is 0.303 e. The largest absolute Gasteiger partial charge is 0.464 e. The van der Waals surface area contributed by atoms with Gasteiger partial charge in [0.05, 0.1) is 11.8 Å². The molecule has 1 aliphatic rings. The maximum atomic E-state index is 12.2. The molecule has 3 rings (SSSR count). The molecule has 208 valence electrons. The van der Waals surface area contributed by atoms with Crippen molar-refractivity contribution in [2.75, 3.05) is 6.61 Å². The zero-order valence-electron chi connectivity index (χ0n) is 22.0. The summed E-state index contributed by atoms with van der Waals surface area (Å²) in [7, 11) is 0. The van der Waals surface area contributed by atoms with Gasteiger partial charge in [-0.25, -0.2) is 0 Å². The molecular weight excluding hydrogens is 532 g/mol. The Kier molecular flexibility index (Phi) is 9.61. The molecule has 0 aromatic carbocycles. The molecule has 5 atom stereocenters. The molecule has 1 saturated heterocycles. The lowest BCUT2D eigenvalue weighted by molar-refractivity contribution is -0.269. The van der Waals surface area contributed by atoms with E-state index in [-0.39, 0.29) is 10.2 Å². The van der Waals surface area contributed by atoms with E-state index >= 15 is 0 Å². The van der Waals surface area contributed by atoms with Crippen LogP contribution < -0.4 is 0 Å². The summed E-state index contributed by atoms with van der Waals surface area (Å²) in [6.07, 6.45) is -4.66. The first-order chi connectivity index (χ1) is 18.5. The Morgan fingerprint density at radius 3 is 2.13 bits per heavy atom. The number of nitriles is 1. The van der Waals surface area contributed by atoms with Crippen LogP contribution in [0.15, 0.2) is 28.9 Å². The molecule has 0 saturated carbocycles. The van der Waals surface area contributed by atoms with Gasteiger partial charge in [-0.3, -0.25) is 19.2 Å². The summed E-state index contributed by atoms with van der Waals surface area (Å²) >= 11 is 5.72. The number of hydrogen-bond acceptors (Lipinski definition) is 12. The second-order valence-corrected chi connectivity index (χ2v) is 9.02. The van der Waals surface area contributed by atoms with Crippen LogP contribution in [0.3, 0.4) is 0 Å².